The van der Waals surface area contributed by atoms with Crippen LogP contribution in [0.2, 0.25) is 0 Å². The third-order valence-corrected chi connectivity index (χ3v) is 3.23. The number of non-ortho nitro benzene ring substituents is 1. The van der Waals surface area contributed by atoms with E-state index in [1.54, 1.807) is 54.6 Å². The third kappa shape index (κ3) is 2.78. The number of aromatic nitrogens is 1. The molecule has 1 aromatic heterocycles. The highest BCUT2D eigenvalue weighted by Crippen LogP contribution is 2.24. The summed E-state index contributed by atoms with van der Waals surface area (Å²) in [5, 5.41) is 21.2. The van der Waals surface area contributed by atoms with Crippen LogP contribution in [0.15, 0.2) is 54.6 Å². The second-order valence-corrected chi connectivity index (χ2v) is 4.77. The Bertz CT molecular complexity index is 888. The molecule has 0 unspecified atom stereocenters. The number of pyridine rings is 1. The number of benzene rings is 2. The smallest absolute Gasteiger partial charge is 0.295 e. The molecule has 0 radical (unpaired) electrons. The summed E-state index contributed by atoms with van der Waals surface area (Å²) in [6.07, 6.45) is 3.55. The zero-order valence-corrected chi connectivity index (χ0v) is 11.5. The van der Waals surface area contributed by atoms with Crippen LogP contribution >= 0.6 is 0 Å². The van der Waals surface area contributed by atoms with E-state index >= 15 is 0 Å². The van der Waals surface area contributed by atoms with E-state index in [9.17, 15) is 15.2 Å². The third-order valence-electron chi connectivity index (χ3n) is 3.23. The highest BCUT2D eigenvalue weighted by molar-refractivity contribution is 5.88. The SMILES string of the molecule is O=[N+]([O-])c1cccc2ccc(C=Cc3cccc(O)c3)nc12. The summed E-state index contributed by atoms with van der Waals surface area (Å²) in [6, 6.07) is 15.3. The number of aromatic hydroxyl groups is 1. The van der Waals surface area contributed by atoms with Crippen LogP contribution in [-0.2, 0) is 0 Å². The summed E-state index contributed by atoms with van der Waals surface area (Å²) in [4.78, 5) is 15.0. The topological polar surface area (TPSA) is 76.3 Å². The quantitative estimate of drug-likeness (QED) is 0.584. The van der Waals surface area contributed by atoms with E-state index in [4.69, 9.17) is 0 Å². The van der Waals surface area contributed by atoms with E-state index in [1.807, 2.05) is 6.07 Å². The van der Waals surface area contributed by atoms with Crippen LogP contribution in [0.25, 0.3) is 23.1 Å². The number of phenolic OH excluding ortho intramolecular Hbond substituents is 1. The van der Waals surface area contributed by atoms with E-state index in [0.29, 0.717) is 11.2 Å². The van der Waals surface area contributed by atoms with Crippen LogP contribution in [0, 0.1) is 10.1 Å². The van der Waals surface area contributed by atoms with Gasteiger partial charge in [0.25, 0.3) is 5.69 Å². The summed E-state index contributed by atoms with van der Waals surface area (Å²) in [6.45, 7) is 0. The molecule has 5 nitrogen and oxygen atoms in total. The Morgan fingerprint density at radius 1 is 1.05 bits per heavy atom. The number of rotatable bonds is 3. The Balaban J connectivity index is 2.01. The summed E-state index contributed by atoms with van der Waals surface area (Å²) >= 11 is 0. The molecule has 0 atom stereocenters. The Morgan fingerprint density at radius 2 is 1.86 bits per heavy atom. The van der Waals surface area contributed by atoms with Crippen LogP contribution in [0.3, 0.4) is 0 Å². The van der Waals surface area contributed by atoms with Crippen LogP contribution in [0.1, 0.15) is 11.3 Å². The Kier molecular flexibility index (Phi) is 3.53. The van der Waals surface area contributed by atoms with E-state index in [1.165, 1.54) is 6.07 Å². The zero-order valence-electron chi connectivity index (χ0n) is 11.5. The first-order chi connectivity index (χ1) is 10.6. The summed E-state index contributed by atoms with van der Waals surface area (Å²) in [7, 11) is 0. The van der Waals surface area contributed by atoms with Gasteiger partial charge in [-0.05, 0) is 29.8 Å². The van der Waals surface area contributed by atoms with Crippen LogP contribution in [-0.4, -0.2) is 15.0 Å². The maximum absolute atomic E-state index is 11.1. The van der Waals surface area contributed by atoms with E-state index in [-0.39, 0.29) is 11.4 Å². The molecule has 22 heavy (non-hydrogen) atoms. The average Bonchev–Trinajstić information content (AvgIpc) is 2.52. The number of nitro groups is 1. The van der Waals surface area contributed by atoms with Gasteiger partial charge in [0.05, 0.1) is 10.6 Å². The number of nitro benzene ring substituents is 1. The van der Waals surface area contributed by atoms with Gasteiger partial charge in [0.15, 0.2) is 0 Å². The summed E-state index contributed by atoms with van der Waals surface area (Å²) in [5.41, 5.74) is 1.80. The molecule has 0 aliphatic heterocycles. The van der Waals surface area contributed by atoms with Gasteiger partial charge < -0.3 is 5.11 Å². The van der Waals surface area contributed by atoms with Crippen molar-refractivity contribution in [1.29, 1.82) is 0 Å². The van der Waals surface area contributed by atoms with Gasteiger partial charge in [0, 0.05) is 11.5 Å². The Labute approximate surface area is 126 Å². The van der Waals surface area contributed by atoms with Crippen molar-refractivity contribution >= 4 is 28.7 Å². The maximum atomic E-state index is 11.1. The Morgan fingerprint density at radius 3 is 2.64 bits per heavy atom. The first-order valence-corrected chi connectivity index (χ1v) is 6.65. The molecule has 2 aromatic carbocycles. The molecular formula is C17H12N2O3. The number of nitrogens with zero attached hydrogens (tertiary/aromatic N) is 2. The maximum Gasteiger partial charge on any atom is 0.295 e. The number of para-hydroxylation sites is 1. The first kappa shape index (κ1) is 13.8. The first-order valence-electron chi connectivity index (χ1n) is 6.65. The van der Waals surface area contributed by atoms with Crippen molar-refractivity contribution in [2.24, 2.45) is 0 Å². The molecule has 108 valence electrons. The van der Waals surface area contributed by atoms with Gasteiger partial charge in [0.2, 0.25) is 0 Å². The van der Waals surface area contributed by atoms with Crippen molar-refractivity contribution in [2.75, 3.05) is 0 Å². The highest BCUT2D eigenvalue weighted by atomic mass is 16.6. The lowest BCUT2D eigenvalue weighted by atomic mass is 10.1. The number of fused-ring (bicyclic) bond motifs is 1. The lowest BCUT2D eigenvalue weighted by molar-refractivity contribution is -0.383. The van der Waals surface area contributed by atoms with Gasteiger partial charge >= 0.3 is 0 Å². The number of phenols is 1. The molecule has 1 heterocycles. The van der Waals surface area contributed by atoms with Crippen molar-refractivity contribution in [3.05, 3.63) is 76.0 Å². The molecule has 0 fully saturated rings. The second-order valence-electron chi connectivity index (χ2n) is 4.77. The van der Waals surface area contributed by atoms with E-state index in [2.05, 4.69) is 4.98 Å². The van der Waals surface area contributed by atoms with Gasteiger partial charge in [-0.15, -0.1) is 0 Å². The van der Waals surface area contributed by atoms with E-state index in [0.717, 1.165) is 10.9 Å². The predicted octanol–water partition coefficient (Wildman–Crippen LogP) is 4.02. The molecular weight excluding hydrogens is 280 g/mol. The van der Waals surface area contributed by atoms with Crippen molar-refractivity contribution in [3.63, 3.8) is 0 Å². The molecule has 0 aliphatic rings. The molecule has 0 saturated heterocycles. The van der Waals surface area contributed by atoms with Crippen molar-refractivity contribution in [3.8, 4) is 5.75 Å². The molecule has 5 heteroatoms. The van der Waals surface area contributed by atoms with Gasteiger partial charge in [-0.25, -0.2) is 4.98 Å². The second kappa shape index (κ2) is 5.65. The van der Waals surface area contributed by atoms with Crippen molar-refractivity contribution < 1.29 is 10.0 Å². The minimum atomic E-state index is -0.432. The standard InChI is InChI=1S/C17H12N2O3/c20-15-5-1-3-12(11-15)7-9-14-10-8-13-4-2-6-16(19(21)22)17(13)18-14/h1-11,20H. The molecule has 0 spiro atoms. The molecule has 1 N–H and O–H groups in total. The normalized spacial score (nSPS) is 11.1. The van der Waals surface area contributed by atoms with Gasteiger partial charge in [-0.1, -0.05) is 36.4 Å². The number of hydrogen-bond donors (Lipinski definition) is 1. The van der Waals surface area contributed by atoms with Crippen molar-refractivity contribution in [1.82, 2.24) is 4.98 Å². The fourth-order valence-corrected chi connectivity index (χ4v) is 2.20. The molecule has 0 aliphatic carbocycles. The molecule has 3 aromatic rings. The average molecular weight is 292 g/mol. The van der Waals surface area contributed by atoms with E-state index < -0.39 is 4.92 Å². The molecule has 0 saturated carbocycles. The van der Waals surface area contributed by atoms with Crippen molar-refractivity contribution in [2.45, 2.75) is 0 Å². The van der Waals surface area contributed by atoms with Crippen LogP contribution in [0.4, 0.5) is 5.69 Å². The van der Waals surface area contributed by atoms with Gasteiger partial charge in [-0.3, -0.25) is 10.1 Å². The Hall–Kier alpha value is -3.21. The molecule has 3 rings (SSSR count). The van der Waals surface area contributed by atoms with Crippen LogP contribution in [0.5, 0.6) is 5.75 Å². The predicted molar refractivity (Wildman–Crippen MR) is 85.4 cm³/mol. The minimum absolute atomic E-state index is 0.00916. The minimum Gasteiger partial charge on any atom is -0.508 e. The fourth-order valence-electron chi connectivity index (χ4n) is 2.20. The zero-order chi connectivity index (χ0) is 15.5. The lowest BCUT2D eigenvalue weighted by Crippen LogP contribution is -1.92. The summed E-state index contributed by atoms with van der Waals surface area (Å²) in [5.74, 6) is 0.184. The largest absolute Gasteiger partial charge is 0.508 e. The van der Waals surface area contributed by atoms with Gasteiger partial charge in [0.1, 0.15) is 11.3 Å². The lowest BCUT2D eigenvalue weighted by Gasteiger charge is -2.00. The van der Waals surface area contributed by atoms with Crippen LogP contribution < -0.4 is 0 Å². The molecule has 0 bridgehead atoms. The molecule has 0 amide bonds. The van der Waals surface area contributed by atoms with Gasteiger partial charge in [-0.2, -0.15) is 0 Å². The fraction of sp³-hybridized carbons (Fsp3) is 0. The highest BCUT2D eigenvalue weighted by Gasteiger charge is 2.12. The number of hydrogen-bond acceptors (Lipinski definition) is 4. The summed E-state index contributed by atoms with van der Waals surface area (Å²) < 4.78 is 0. The monoisotopic (exact) mass is 292 g/mol.